The predicted octanol–water partition coefficient (Wildman–Crippen LogP) is 2.53. The molecule has 0 amide bonds. The molecule has 0 saturated carbocycles. The van der Waals surface area contributed by atoms with Gasteiger partial charge in [-0.2, -0.15) is 0 Å². The molecular weight excluding hydrogens is 242 g/mol. The topological polar surface area (TPSA) is 30.9 Å². The van der Waals surface area contributed by atoms with Crippen LogP contribution in [0.2, 0.25) is 0 Å². The van der Waals surface area contributed by atoms with Gasteiger partial charge in [0, 0.05) is 26.3 Å². The first-order valence-corrected chi connectivity index (χ1v) is 6.74. The molecule has 4 nitrogen and oxygen atoms in total. The summed E-state index contributed by atoms with van der Waals surface area (Å²) in [5.74, 6) is 0.882. The minimum absolute atomic E-state index is 0.154. The van der Waals surface area contributed by atoms with Crippen molar-refractivity contribution in [3.05, 3.63) is 29.8 Å². The average molecular weight is 267 g/mol. The lowest BCUT2D eigenvalue weighted by Gasteiger charge is -2.23. The molecule has 19 heavy (non-hydrogen) atoms. The van der Waals surface area contributed by atoms with E-state index in [9.17, 15) is 0 Å². The Hall–Kier alpha value is -1.10. The normalized spacial score (nSPS) is 11.3. The van der Waals surface area contributed by atoms with Crippen LogP contribution in [0.15, 0.2) is 24.3 Å². The van der Waals surface area contributed by atoms with Gasteiger partial charge in [0.15, 0.2) is 6.29 Å². The third-order valence-electron chi connectivity index (χ3n) is 2.78. The van der Waals surface area contributed by atoms with Gasteiger partial charge < -0.3 is 14.2 Å². The fourth-order valence-electron chi connectivity index (χ4n) is 1.89. The zero-order chi connectivity index (χ0) is 14.1. The molecule has 0 aliphatic rings. The van der Waals surface area contributed by atoms with Crippen LogP contribution in [0.1, 0.15) is 19.4 Å². The van der Waals surface area contributed by atoms with Crippen LogP contribution in [0.4, 0.5) is 0 Å². The van der Waals surface area contributed by atoms with E-state index in [2.05, 4.69) is 24.1 Å². The van der Waals surface area contributed by atoms with Gasteiger partial charge in [0.05, 0.1) is 7.11 Å². The zero-order valence-electron chi connectivity index (χ0n) is 12.4. The molecule has 0 aliphatic heterocycles. The van der Waals surface area contributed by atoms with Gasteiger partial charge in [0.25, 0.3) is 0 Å². The maximum absolute atomic E-state index is 5.54. The minimum Gasteiger partial charge on any atom is -0.497 e. The van der Waals surface area contributed by atoms with Crippen molar-refractivity contribution in [2.45, 2.75) is 26.7 Å². The summed E-state index contributed by atoms with van der Waals surface area (Å²) < 4.78 is 16.2. The molecule has 4 heteroatoms. The second-order valence-corrected chi connectivity index (χ2v) is 4.39. The molecule has 0 spiro atoms. The summed E-state index contributed by atoms with van der Waals surface area (Å²) in [6.45, 7) is 6.92. The van der Waals surface area contributed by atoms with Crippen LogP contribution in [-0.2, 0) is 16.0 Å². The summed E-state index contributed by atoms with van der Waals surface area (Å²) in [5.41, 5.74) is 1.25. The Balaban J connectivity index is 2.45. The highest BCUT2D eigenvalue weighted by molar-refractivity contribution is 5.26. The SMILES string of the molecule is CCOC(CN(C)Cc1ccc(OC)cc1)OCC. The predicted molar refractivity (Wildman–Crippen MR) is 76.4 cm³/mol. The van der Waals surface area contributed by atoms with Crippen LogP contribution in [0.5, 0.6) is 5.75 Å². The second kappa shape index (κ2) is 8.91. The number of hydrogen-bond donors (Lipinski definition) is 0. The van der Waals surface area contributed by atoms with Crippen LogP contribution < -0.4 is 4.74 Å². The summed E-state index contributed by atoms with van der Waals surface area (Å²) in [6, 6.07) is 8.11. The standard InChI is InChI=1S/C15H25NO3/c1-5-18-15(19-6-2)12-16(3)11-13-7-9-14(17-4)10-8-13/h7-10,15H,5-6,11-12H2,1-4H3. The van der Waals surface area contributed by atoms with Crippen molar-refractivity contribution in [3.63, 3.8) is 0 Å². The van der Waals surface area contributed by atoms with E-state index in [0.29, 0.717) is 13.2 Å². The summed E-state index contributed by atoms with van der Waals surface area (Å²) in [5, 5.41) is 0. The summed E-state index contributed by atoms with van der Waals surface area (Å²) >= 11 is 0. The summed E-state index contributed by atoms with van der Waals surface area (Å²) in [6.07, 6.45) is -0.154. The number of hydrogen-bond acceptors (Lipinski definition) is 4. The van der Waals surface area contributed by atoms with Crippen molar-refractivity contribution in [2.24, 2.45) is 0 Å². The first kappa shape index (κ1) is 16.0. The van der Waals surface area contributed by atoms with Gasteiger partial charge >= 0.3 is 0 Å². The van der Waals surface area contributed by atoms with Crippen molar-refractivity contribution >= 4 is 0 Å². The number of rotatable bonds is 9. The Morgan fingerprint density at radius 3 is 2.11 bits per heavy atom. The van der Waals surface area contributed by atoms with E-state index in [4.69, 9.17) is 14.2 Å². The van der Waals surface area contributed by atoms with Gasteiger partial charge in [-0.1, -0.05) is 12.1 Å². The Labute approximate surface area is 116 Å². The third kappa shape index (κ3) is 6.05. The molecule has 0 aromatic heterocycles. The number of ether oxygens (including phenoxy) is 3. The van der Waals surface area contributed by atoms with E-state index in [1.165, 1.54) is 5.56 Å². The van der Waals surface area contributed by atoms with Gasteiger partial charge in [-0.15, -0.1) is 0 Å². The molecule has 1 rings (SSSR count). The van der Waals surface area contributed by atoms with Gasteiger partial charge in [-0.25, -0.2) is 0 Å². The monoisotopic (exact) mass is 267 g/mol. The maximum atomic E-state index is 5.54. The molecule has 0 fully saturated rings. The number of nitrogens with zero attached hydrogens (tertiary/aromatic N) is 1. The van der Waals surface area contributed by atoms with Crippen LogP contribution in [0.3, 0.4) is 0 Å². The van der Waals surface area contributed by atoms with Crippen molar-refractivity contribution in [2.75, 3.05) is 33.9 Å². The Kier molecular flexibility index (Phi) is 7.48. The second-order valence-electron chi connectivity index (χ2n) is 4.39. The van der Waals surface area contributed by atoms with Gasteiger partial charge in [-0.05, 0) is 38.6 Å². The van der Waals surface area contributed by atoms with E-state index < -0.39 is 0 Å². The number of methoxy groups -OCH3 is 1. The largest absolute Gasteiger partial charge is 0.497 e. The first-order valence-electron chi connectivity index (χ1n) is 6.74. The highest BCUT2D eigenvalue weighted by Gasteiger charge is 2.11. The molecular formula is C15H25NO3. The molecule has 1 aromatic carbocycles. The quantitative estimate of drug-likeness (QED) is 0.643. The third-order valence-corrected chi connectivity index (χ3v) is 2.78. The molecule has 0 radical (unpaired) electrons. The van der Waals surface area contributed by atoms with Crippen LogP contribution in [-0.4, -0.2) is 45.1 Å². The van der Waals surface area contributed by atoms with E-state index in [-0.39, 0.29) is 6.29 Å². The summed E-state index contributed by atoms with van der Waals surface area (Å²) in [7, 11) is 3.74. The van der Waals surface area contributed by atoms with Crippen LogP contribution in [0, 0.1) is 0 Å². The highest BCUT2D eigenvalue weighted by atomic mass is 16.7. The van der Waals surface area contributed by atoms with Crippen molar-refractivity contribution < 1.29 is 14.2 Å². The van der Waals surface area contributed by atoms with E-state index in [0.717, 1.165) is 18.8 Å². The smallest absolute Gasteiger partial charge is 0.170 e. The molecule has 108 valence electrons. The fourth-order valence-corrected chi connectivity index (χ4v) is 1.89. The minimum atomic E-state index is -0.154. The molecule has 0 heterocycles. The average Bonchev–Trinajstić information content (AvgIpc) is 2.40. The van der Waals surface area contributed by atoms with E-state index in [1.807, 2.05) is 26.0 Å². The lowest BCUT2D eigenvalue weighted by Crippen LogP contribution is -2.32. The maximum Gasteiger partial charge on any atom is 0.170 e. The lowest BCUT2D eigenvalue weighted by atomic mass is 10.2. The highest BCUT2D eigenvalue weighted by Crippen LogP contribution is 2.13. The van der Waals surface area contributed by atoms with Crippen molar-refractivity contribution in [1.29, 1.82) is 0 Å². The van der Waals surface area contributed by atoms with Crippen LogP contribution in [0.25, 0.3) is 0 Å². The lowest BCUT2D eigenvalue weighted by molar-refractivity contribution is -0.145. The number of benzene rings is 1. The van der Waals surface area contributed by atoms with Crippen LogP contribution >= 0.6 is 0 Å². The van der Waals surface area contributed by atoms with Gasteiger partial charge in [-0.3, -0.25) is 4.90 Å². The Morgan fingerprint density at radius 1 is 1.05 bits per heavy atom. The molecule has 0 aliphatic carbocycles. The van der Waals surface area contributed by atoms with Crippen molar-refractivity contribution in [3.8, 4) is 5.75 Å². The zero-order valence-corrected chi connectivity index (χ0v) is 12.4. The fraction of sp³-hybridized carbons (Fsp3) is 0.600. The van der Waals surface area contributed by atoms with E-state index >= 15 is 0 Å². The Bertz CT molecular complexity index is 334. The molecule has 1 aromatic rings. The Morgan fingerprint density at radius 2 is 1.63 bits per heavy atom. The van der Waals surface area contributed by atoms with Gasteiger partial charge in [0.1, 0.15) is 5.75 Å². The van der Waals surface area contributed by atoms with Crippen molar-refractivity contribution in [1.82, 2.24) is 4.90 Å². The first-order chi connectivity index (χ1) is 9.19. The molecule has 0 N–H and O–H groups in total. The molecule has 0 atom stereocenters. The molecule has 0 unspecified atom stereocenters. The molecule has 0 bridgehead atoms. The number of likely N-dealkylation sites (N-methyl/N-ethyl adjacent to an activating group) is 1. The molecule has 0 saturated heterocycles. The summed E-state index contributed by atoms with van der Waals surface area (Å²) in [4.78, 5) is 2.19. The van der Waals surface area contributed by atoms with E-state index in [1.54, 1.807) is 7.11 Å². The van der Waals surface area contributed by atoms with Gasteiger partial charge in [0.2, 0.25) is 0 Å².